The van der Waals surface area contributed by atoms with E-state index in [1.54, 1.807) is 60.8 Å². The summed E-state index contributed by atoms with van der Waals surface area (Å²) in [7, 11) is -3.42. The third-order valence-corrected chi connectivity index (χ3v) is 6.75. The van der Waals surface area contributed by atoms with E-state index in [9.17, 15) is 18.5 Å². The molecule has 0 amide bonds. The number of anilines is 2. The Morgan fingerprint density at radius 2 is 1.78 bits per heavy atom. The lowest BCUT2D eigenvalue weighted by atomic mass is 10.0. The Morgan fingerprint density at radius 1 is 1.05 bits per heavy atom. The summed E-state index contributed by atoms with van der Waals surface area (Å²) < 4.78 is 31.9. The number of rotatable bonds is 7. The lowest BCUT2D eigenvalue weighted by Gasteiger charge is -2.26. The van der Waals surface area contributed by atoms with Gasteiger partial charge in [-0.1, -0.05) is 18.2 Å². The minimum Gasteiger partial charge on any atom is -0.459 e. The number of nitro groups is 1. The second-order valence-corrected chi connectivity index (χ2v) is 10.5. The van der Waals surface area contributed by atoms with Crippen LogP contribution < -0.4 is 14.9 Å². The Labute approximate surface area is 218 Å². The SMILES string of the molecule is CS(=O)(=O)Nc1ccc(N2C(=S)NC(c3ccccn3)C2c2ccc(-c3ccccc3[N+](=O)[O-])o2)cc1. The highest BCUT2D eigenvalue weighted by Gasteiger charge is 2.42. The molecular weight excluding hydrogens is 514 g/mol. The maximum atomic E-state index is 11.6. The van der Waals surface area contributed by atoms with Gasteiger partial charge in [0.2, 0.25) is 10.0 Å². The molecule has 4 aromatic rings. The maximum absolute atomic E-state index is 11.6. The fourth-order valence-electron chi connectivity index (χ4n) is 4.32. The normalized spacial score (nSPS) is 17.4. The van der Waals surface area contributed by atoms with Crippen LogP contribution >= 0.6 is 12.2 Å². The molecule has 2 unspecified atom stereocenters. The van der Waals surface area contributed by atoms with Crippen LogP contribution in [0.2, 0.25) is 0 Å². The summed E-state index contributed by atoms with van der Waals surface area (Å²) in [6.07, 6.45) is 2.77. The van der Waals surface area contributed by atoms with Gasteiger partial charge in [0.25, 0.3) is 5.69 Å². The van der Waals surface area contributed by atoms with Gasteiger partial charge < -0.3 is 14.6 Å². The Hall–Kier alpha value is -4.29. The van der Waals surface area contributed by atoms with Crippen molar-refractivity contribution in [2.24, 2.45) is 0 Å². The predicted molar refractivity (Wildman–Crippen MR) is 144 cm³/mol. The Morgan fingerprint density at radius 3 is 2.46 bits per heavy atom. The number of furan rings is 1. The van der Waals surface area contributed by atoms with Crippen LogP contribution in [0.4, 0.5) is 17.1 Å². The number of nitrogens with zero attached hydrogens (tertiary/aromatic N) is 3. The fourth-order valence-corrected chi connectivity index (χ4v) is 5.23. The van der Waals surface area contributed by atoms with Crippen molar-refractivity contribution in [1.82, 2.24) is 10.3 Å². The highest BCUT2D eigenvalue weighted by Crippen LogP contribution is 2.43. The number of hydrogen-bond donors (Lipinski definition) is 2. The molecule has 1 aliphatic heterocycles. The van der Waals surface area contributed by atoms with E-state index >= 15 is 0 Å². The molecule has 3 heterocycles. The molecule has 37 heavy (non-hydrogen) atoms. The Kier molecular flexibility index (Phi) is 6.36. The number of pyridine rings is 1. The molecule has 0 bridgehead atoms. The standard InChI is InChI=1S/C25H21N5O5S2/c1-37(33,34)28-16-9-11-17(12-10-16)29-24(23(27-25(29)36)19-7-4-5-15-26-19)22-14-13-21(35-22)18-6-2-3-8-20(18)30(31)32/h2-15,23-24,28H,1H3,(H,27,36). The highest BCUT2D eigenvalue weighted by molar-refractivity contribution is 7.92. The van der Waals surface area contributed by atoms with Crippen LogP contribution in [-0.2, 0) is 10.0 Å². The summed E-state index contributed by atoms with van der Waals surface area (Å²) in [5.41, 5.74) is 2.15. The second-order valence-electron chi connectivity index (χ2n) is 8.39. The van der Waals surface area contributed by atoms with Crippen molar-refractivity contribution in [3.63, 3.8) is 0 Å². The van der Waals surface area contributed by atoms with E-state index < -0.39 is 21.0 Å². The lowest BCUT2D eigenvalue weighted by Crippen LogP contribution is -2.29. The molecule has 2 aromatic carbocycles. The lowest BCUT2D eigenvalue weighted by molar-refractivity contribution is -0.384. The average Bonchev–Trinajstić information content (AvgIpc) is 3.49. The molecule has 1 fully saturated rings. The number of nitrogens with one attached hydrogen (secondary N) is 2. The van der Waals surface area contributed by atoms with Crippen LogP contribution in [-0.4, -0.2) is 29.7 Å². The molecule has 2 N–H and O–H groups in total. The number of nitro benzene ring substituents is 1. The molecule has 10 nitrogen and oxygen atoms in total. The number of benzene rings is 2. The molecule has 0 saturated carbocycles. The van der Waals surface area contributed by atoms with Crippen molar-refractivity contribution < 1.29 is 17.8 Å². The smallest absolute Gasteiger partial charge is 0.280 e. The molecular formula is C25H21N5O5S2. The summed E-state index contributed by atoms with van der Waals surface area (Å²) in [5.74, 6) is 0.877. The van der Waals surface area contributed by atoms with Gasteiger partial charge in [0.15, 0.2) is 5.11 Å². The zero-order valence-electron chi connectivity index (χ0n) is 19.4. The minimum atomic E-state index is -3.42. The zero-order valence-corrected chi connectivity index (χ0v) is 21.1. The number of aromatic nitrogens is 1. The van der Waals surface area contributed by atoms with Crippen molar-refractivity contribution in [2.45, 2.75) is 12.1 Å². The van der Waals surface area contributed by atoms with E-state index in [4.69, 9.17) is 16.6 Å². The van der Waals surface area contributed by atoms with Crippen molar-refractivity contribution in [2.75, 3.05) is 15.9 Å². The van der Waals surface area contributed by atoms with E-state index in [-0.39, 0.29) is 11.7 Å². The summed E-state index contributed by atoms with van der Waals surface area (Å²) in [5, 5.41) is 15.3. The van der Waals surface area contributed by atoms with Gasteiger partial charge in [0, 0.05) is 23.6 Å². The van der Waals surface area contributed by atoms with Crippen molar-refractivity contribution in [1.29, 1.82) is 0 Å². The van der Waals surface area contributed by atoms with Crippen molar-refractivity contribution in [3.05, 3.63) is 107 Å². The van der Waals surface area contributed by atoms with Gasteiger partial charge in [-0.2, -0.15) is 0 Å². The van der Waals surface area contributed by atoms with Gasteiger partial charge in [0.05, 0.1) is 28.5 Å². The third-order valence-electron chi connectivity index (χ3n) is 5.83. The zero-order chi connectivity index (χ0) is 26.2. The number of para-hydroxylation sites is 1. The van der Waals surface area contributed by atoms with Crippen LogP contribution in [0.15, 0.2) is 89.5 Å². The summed E-state index contributed by atoms with van der Waals surface area (Å²) >= 11 is 5.70. The molecule has 188 valence electrons. The second kappa shape index (κ2) is 9.64. The number of sulfonamides is 1. The Bertz CT molecular complexity index is 1570. The van der Waals surface area contributed by atoms with Gasteiger partial charge in [-0.25, -0.2) is 8.42 Å². The Balaban J connectivity index is 1.57. The van der Waals surface area contributed by atoms with Gasteiger partial charge in [-0.15, -0.1) is 0 Å². The largest absolute Gasteiger partial charge is 0.459 e. The van der Waals surface area contributed by atoms with E-state index in [0.717, 1.165) is 11.9 Å². The van der Waals surface area contributed by atoms with Crippen LogP contribution in [0.3, 0.4) is 0 Å². The predicted octanol–water partition coefficient (Wildman–Crippen LogP) is 4.80. The van der Waals surface area contributed by atoms with E-state index in [1.807, 2.05) is 23.1 Å². The van der Waals surface area contributed by atoms with Crippen LogP contribution in [0.1, 0.15) is 23.5 Å². The molecule has 1 aliphatic rings. The van der Waals surface area contributed by atoms with Crippen LogP contribution in [0, 0.1) is 10.1 Å². The molecule has 0 aliphatic carbocycles. The van der Waals surface area contributed by atoms with Gasteiger partial charge in [0.1, 0.15) is 17.6 Å². The molecule has 0 spiro atoms. The average molecular weight is 536 g/mol. The first kappa shape index (κ1) is 24.4. The minimum absolute atomic E-state index is 0.0597. The highest BCUT2D eigenvalue weighted by atomic mass is 32.2. The van der Waals surface area contributed by atoms with E-state index in [1.165, 1.54) is 6.07 Å². The quantitative estimate of drug-likeness (QED) is 0.195. The van der Waals surface area contributed by atoms with Crippen LogP contribution in [0.5, 0.6) is 0 Å². The molecule has 1 saturated heterocycles. The van der Waals surface area contributed by atoms with Gasteiger partial charge >= 0.3 is 0 Å². The summed E-state index contributed by atoms with van der Waals surface area (Å²) in [4.78, 5) is 17.5. The summed E-state index contributed by atoms with van der Waals surface area (Å²) in [6, 6.07) is 21.4. The molecule has 2 atom stereocenters. The van der Waals surface area contributed by atoms with Crippen LogP contribution in [0.25, 0.3) is 11.3 Å². The van der Waals surface area contributed by atoms with Gasteiger partial charge in [-0.3, -0.25) is 19.8 Å². The first-order chi connectivity index (χ1) is 17.7. The molecule has 0 radical (unpaired) electrons. The van der Waals surface area contributed by atoms with Gasteiger partial charge in [-0.05, 0) is 66.8 Å². The molecule has 12 heteroatoms. The summed E-state index contributed by atoms with van der Waals surface area (Å²) in [6.45, 7) is 0. The van der Waals surface area contributed by atoms with Crippen molar-refractivity contribution >= 4 is 44.4 Å². The monoisotopic (exact) mass is 535 g/mol. The first-order valence-corrected chi connectivity index (χ1v) is 13.4. The molecule has 5 rings (SSSR count). The van der Waals surface area contributed by atoms with E-state index in [0.29, 0.717) is 33.6 Å². The molecule has 2 aromatic heterocycles. The number of hydrogen-bond acceptors (Lipinski definition) is 7. The third kappa shape index (κ3) is 5.01. The van der Waals surface area contributed by atoms with E-state index in [2.05, 4.69) is 15.0 Å². The maximum Gasteiger partial charge on any atom is 0.280 e. The first-order valence-electron chi connectivity index (χ1n) is 11.1. The number of thiocarbonyl (C=S) groups is 1. The topological polar surface area (TPSA) is 131 Å². The van der Waals surface area contributed by atoms with Crippen molar-refractivity contribution in [3.8, 4) is 11.3 Å². The fraction of sp³-hybridized carbons (Fsp3) is 0.120.